The van der Waals surface area contributed by atoms with Gasteiger partial charge in [-0.25, -0.2) is 4.79 Å². The molecule has 0 amide bonds. The van der Waals surface area contributed by atoms with Crippen molar-refractivity contribution in [2.24, 2.45) is 5.41 Å². The molecule has 1 aliphatic carbocycles. The van der Waals surface area contributed by atoms with Crippen LogP contribution in [-0.4, -0.2) is 24.2 Å². The fourth-order valence-electron chi connectivity index (χ4n) is 10.9. The maximum Gasteiger partial charge on any atom is 0.335 e. The Balaban J connectivity index is 1.07. The van der Waals surface area contributed by atoms with E-state index in [1.807, 2.05) is 12.1 Å². The van der Waals surface area contributed by atoms with Crippen LogP contribution in [0.4, 0.5) is 17.1 Å². The number of hydrogen-bond acceptors (Lipinski definition) is 4. The Kier molecular flexibility index (Phi) is 7.75. The molecule has 3 heterocycles. The van der Waals surface area contributed by atoms with Crippen molar-refractivity contribution in [3.63, 3.8) is 0 Å². The van der Waals surface area contributed by atoms with E-state index in [0.717, 1.165) is 52.5 Å². The first-order valence-electron chi connectivity index (χ1n) is 20.9. The highest BCUT2D eigenvalue weighted by molar-refractivity contribution is 6.11. The van der Waals surface area contributed by atoms with Gasteiger partial charge in [0.2, 0.25) is 0 Å². The van der Waals surface area contributed by atoms with Gasteiger partial charge >= 0.3 is 5.97 Å². The zero-order valence-corrected chi connectivity index (χ0v) is 34.6. The van der Waals surface area contributed by atoms with Gasteiger partial charge in [-0.1, -0.05) is 143 Å². The van der Waals surface area contributed by atoms with Gasteiger partial charge in [0, 0.05) is 63.0 Å². The zero-order chi connectivity index (χ0) is 41.1. The monoisotopic (exact) mass is 782 g/mol. The van der Waals surface area contributed by atoms with Crippen LogP contribution in [0.3, 0.4) is 0 Å². The molecule has 294 valence electrons. The Morgan fingerprint density at radius 1 is 0.600 bits per heavy atom. The summed E-state index contributed by atoms with van der Waals surface area (Å²) < 4.78 is 7.66. The van der Waals surface area contributed by atoms with Crippen LogP contribution in [0, 0.1) is 5.41 Å². The molecule has 1 N–H and O–H groups in total. The van der Waals surface area contributed by atoms with Crippen LogP contribution in [-0.2, 0) is 11.0 Å². The van der Waals surface area contributed by atoms with E-state index < -0.39 is 11.5 Å². The first kappa shape index (κ1) is 36.2. The van der Waals surface area contributed by atoms with Crippen molar-refractivity contribution in [3.8, 4) is 28.0 Å². The highest BCUT2D eigenvalue weighted by atomic mass is 16.5. The van der Waals surface area contributed by atoms with Crippen LogP contribution in [0.2, 0.25) is 0 Å². The average molecular weight is 783 g/mol. The number of anilines is 3. The van der Waals surface area contributed by atoms with Gasteiger partial charge in [-0.05, 0) is 88.2 Å². The molecule has 0 radical (unpaired) electrons. The Hall–Kier alpha value is -6.85. The molecule has 1 atom stereocenters. The van der Waals surface area contributed by atoms with E-state index in [9.17, 15) is 9.90 Å². The van der Waals surface area contributed by atoms with Gasteiger partial charge in [0.25, 0.3) is 0 Å². The highest BCUT2D eigenvalue weighted by Gasteiger charge is 2.58. The number of allylic oxidation sites excluding steroid dienone is 1. The summed E-state index contributed by atoms with van der Waals surface area (Å²) in [6, 6.07) is 53.2. The van der Waals surface area contributed by atoms with Gasteiger partial charge in [0.05, 0.1) is 16.8 Å². The Labute approximate surface area is 351 Å². The van der Waals surface area contributed by atoms with Crippen LogP contribution in [0.1, 0.15) is 67.2 Å². The number of rotatable bonds is 5. The minimum absolute atomic E-state index is 0.205. The normalized spacial score (nSPS) is 19.2. The summed E-state index contributed by atoms with van der Waals surface area (Å²) >= 11 is 0. The first-order chi connectivity index (χ1) is 28.9. The van der Waals surface area contributed by atoms with Crippen molar-refractivity contribution >= 4 is 45.5 Å². The van der Waals surface area contributed by atoms with Crippen LogP contribution in [0.25, 0.3) is 44.7 Å². The van der Waals surface area contributed by atoms with Crippen molar-refractivity contribution in [1.29, 1.82) is 0 Å². The third-order valence-electron chi connectivity index (χ3n) is 13.6. The average Bonchev–Trinajstić information content (AvgIpc) is 3.69. The highest BCUT2D eigenvalue weighted by Crippen LogP contribution is 2.63. The summed E-state index contributed by atoms with van der Waals surface area (Å²) in [5, 5.41) is 11.8. The molecule has 0 saturated carbocycles. The van der Waals surface area contributed by atoms with Crippen LogP contribution >= 0.6 is 0 Å². The van der Waals surface area contributed by atoms with Crippen molar-refractivity contribution in [1.82, 2.24) is 0 Å². The summed E-state index contributed by atoms with van der Waals surface area (Å²) in [5.41, 5.74) is 14.7. The van der Waals surface area contributed by atoms with Gasteiger partial charge in [-0.3, -0.25) is 0 Å². The number of ether oxygens (including phenoxy) is 1. The minimum atomic E-state index is -0.921. The second kappa shape index (κ2) is 12.8. The molecule has 4 aliphatic rings. The second-order valence-electron chi connectivity index (χ2n) is 18.3. The SMILES string of the molecule is CC1(C)CN(c2ccc(-c3ccccc3)cc2)C2(C)C1=C1Oc3c4c(c5ccccc5c3C=C1c1ccccc12)N(c1ccc(-c2ccc(C(=O)O)cc2)cc1)CC4(C)C. The van der Waals surface area contributed by atoms with Gasteiger partial charge < -0.3 is 19.6 Å². The molecule has 1 unspecified atom stereocenters. The van der Waals surface area contributed by atoms with Gasteiger partial charge in [-0.2, -0.15) is 0 Å². The lowest BCUT2D eigenvalue weighted by molar-refractivity contribution is 0.0697. The Morgan fingerprint density at radius 3 is 1.83 bits per heavy atom. The van der Waals surface area contributed by atoms with E-state index in [0.29, 0.717) is 0 Å². The summed E-state index contributed by atoms with van der Waals surface area (Å²) in [7, 11) is 0. The number of hydrogen-bond donors (Lipinski definition) is 1. The molecule has 5 heteroatoms. The molecule has 0 aromatic heterocycles. The number of carboxylic acid groups (broad SMARTS) is 1. The molecule has 0 spiro atoms. The molecule has 0 bridgehead atoms. The van der Waals surface area contributed by atoms with Gasteiger partial charge in [0.1, 0.15) is 11.5 Å². The lowest BCUT2D eigenvalue weighted by Crippen LogP contribution is -2.43. The third kappa shape index (κ3) is 5.21. The molecule has 1 saturated heterocycles. The molecule has 1 fully saturated rings. The molecule has 5 nitrogen and oxygen atoms in total. The second-order valence-corrected chi connectivity index (χ2v) is 18.3. The topological polar surface area (TPSA) is 53.0 Å². The fraction of sp³-hybridized carbons (Fsp3) is 0.182. The van der Waals surface area contributed by atoms with Gasteiger partial charge in [-0.15, -0.1) is 0 Å². The Bertz CT molecular complexity index is 2980. The molecule has 11 rings (SSSR count). The maximum atomic E-state index is 11.5. The largest absolute Gasteiger partial charge is 0.478 e. The van der Waals surface area contributed by atoms with Crippen LogP contribution in [0.15, 0.2) is 163 Å². The van der Waals surface area contributed by atoms with E-state index in [2.05, 4.69) is 178 Å². The van der Waals surface area contributed by atoms with Crippen molar-refractivity contribution in [2.45, 2.75) is 45.6 Å². The third-order valence-corrected chi connectivity index (χ3v) is 13.6. The van der Waals surface area contributed by atoms with Crippen LogP contribution in [0.5, 0.6) is 5.75 Å². The van der Waals surface area contributed by atoms with Crippen molar-refractivity contribution < 1.29 is 14.6 Å². The standard InChI is InChI=1S/C55H46N2O3/c1-53(2)32-56(39-27-23-37(24-28-39)35-19-21-38(22-20-35)52(58)59)48-43-17-10-9-15-41(43)44-31-45-42-16-11-12-18-46(42)55(5)51(50(45)60-49(44)47(48)53)54(3,4)33-57(55)40-29-25-36(26-30-40)34-13-7-6-8-14-34/h6-31H,32-33H2,1-5H3,(H,58,59). The number of nitrogens with zero attached hydrogens (tertiary/aromatic N) is 2. The predicted octanol–water partition coefficient (Wildman–Crippen LogP) is 13.3. The minimum Gasteiger partial charge on any atom is -0.478 e. The summed E-state index contributed by atoms with van der Waals surface area (Å²) in [6.45, 7) is 13.5. The van der Waals surface area contributed by atoms with E-state index in [-0.39, 0.29) is 16.4 Å². The summed E-state index contributed by atoms with van der Waals surface area (Å²) in [4.78, 5) is 16.6. The van der Waals surface area contributed by atoms with Crippen molar-refractivity contribution in [3.05, 3.63) is 191 Å². The summed E-state index contributed by atoms with van der Waals surface area (Å²) in [6.07, 6.45) is 2.43. The number of fused-ring (bicyclic) bond motifs is 11. The maximum absolute atomic E-state index is 11.5. The number of aromatic carboxylic acids is 1. The Morgan fingerprint density at radius 2 is 1.17 bits per heavy atom. The molecular formula is C55H46N2O3. The fourth-order valence-corrected chi connectivity index (χ4v) is 10.9. The van der Waals surface area contributed by atoms with E-state index in [4.69, 9.17) is 4.74 Å². The van der Waals surface area contributed by atoms with Gasteiger partial charge in [0.15, 0.2) is 0 Å². The molecule has 3 aliphatic heterocycles. The predicted molar refractivity (Wildman–Crippen MR) is 245 cm³/mol. The lowest BCUT2D eigenvalue weighted by Gasteiger charge is -2.45. The summed E-state index contributed by atoms with van der Waals surface area (Å²) in [5.74, 6) is 1.03. The molecule has 7 aromatic carbocycles. The first-order valence-corrected chi connectivity index (χ1v) is 20.9. The molecular weight excluding hydrogens is 737 g/mol. The molecule has 7 aromatic rings. The van der Waals surface area contributed by atoms with E-state index in [1.54, 1.807) is 12.1 Å². The zero-order valence-electron chi connectivity index (χ0n) is 34.6. The molecule has 60 heavy (non-hydrogen) atoms. The van der Waals surface area contributed by atoms with Crippen LogP contribution < -0.4 is 14.5 Å². The van der Waals surface area contributed by atoms with E-state index in [1.165, 1.54) is 55.5 Å². The number of carbonyl (C=O) groups is 1. The lowest BCUT2D eigenvalue weighted by atomic mass is 9.67. The van der Waals surface area contributed by atoms with Crippen molar-refractivity contribution in [2.75, 3.05) is 22.9 Å². The smallest absolute Gasteiger partial charge is 0.335 e. The number of benzene rings is 7. The van der Waals surface area contributed by atoms with E-state index >= 15 is 0 Å². The quantitative estimate of drug-likeness (QED) is 0.188. The number of carboxylic acids is 1.